The highest BCUT2D eigenvalue weighted by atomic mass is 32.2. The Balaban J connectivity index is 1.71. The summed E-state index contributed by atoms with van der Waals surface area (Å²) in [5, 5.41) is 2.78. The summed E-state index contributed by atoms with van der Waals surface area (Å²) in [5.41, 5.74) is 2.99. The molecule has 29 heavy (non-hydrogen) atoms. The van der Waals surface area contributed by atoms with Crippen molar-refractivity contribution in [3.05, 3.63) is 48.0 Å². The first-order valence-corrected chi connectivity index (χ1v) is 11.1. The molecule has 2 aromatic carbocycles. The van der Waals surface area contributed by atoms with Gasteiger partial charge in [-0.05, 0) is 37.3 Å². The van der Waals surface area contributed by atoms with Crippen molar-refractivity contribution in [2.24, 2.45) is 0 Å². The van der Waals surface area contributed by atoms with Crippen LogP contribution in [0.2, 0.25) is 0 Å². The van der Waals surface area contributed by atoms with E-state index in [9.17, 15) is 4.79 Å². The van der Waals surface area contributed by atoms with Gasteiger partial charge in [-0.15, -0.1) is 6.42 Å². The lowest BCUT2D eigenvalue weighted by molar-refractivity contribution is -0.898. The normalized spacial score (nSPS) is 17.8. The Labute approximate surface area is 177 Å². The second kappa shape index (κ2) is 8.14. The van der Waals surface area contributed by atoms with E-state index >= 15 is 0 Å². The molecule has 0 aliphatic carbocycles. The molecule has 2 heterocycles. The topological polar surface area (TPSA) is 32.3 Å². The van der Waals surface area contributed by atoms with Crippen molar-refractivity contribution >= 4 is 29.0 Å². The SMILES string of the molecule is C#CCNC(=O)c1ccc2c(c1)N(C(C)C[N+]1(C)CCCC1)c1ccccc1S2. The summed E-state index contributed by atoms with van der Waals surface area (Å²) in [7, 11) is 2.37. The molecular formula is C24H28N3OS+. The van der Waals surface area contributed by atoms with Crippen molar-refractivity contribution in [2.75, 3.05) is 38.1 Å². The van der Waals surface area contributed by atoms with Gasteiger partial charge in [0, 0.05) is 28.2 Å². The van der Waals surface area contributed by atoms with Crippen molar-refractivity contribution < 1.29 is 9.28 Å². The van der Waals surface area contributed by atoms with E-state index in [0.717, 1.165) is 16.7 Å². The van der Waals surface area contributed by atoms with Gasteiger partial charge in [0.05, 0.1) is 50.6 Å². The van der Waals surface area contributed by atoms with Crippen LogP contribution in [0.1, 0.15) is 30.1 Å². The summed E-state index contributed by atoms with van der Waals surface area (Å²) in [6, 6.07) is 14.9. The maximum Gasteiger partial charge on any atom is 0.252 e. The predicted molar refractivity (Wildman–Crippen MR) is 120 cm³/mol. The van der Waals surface area contributed by atoms with Crippen LogP contribution in [0.4, 0.5) is 11.4 Å². The largest absolute Gasteiger partial charge is 0.341 e. The monoisotopic (exact) mass is 406 g/mol. The van der Waals surface area contributed by atoms with Crippen LogP contribution in [-0.4, -0.2) is 49.7 Å². The first-order valence-electron chi connectivity index (χ1n) is 10.3. The Morgan fingerprint density at radius 3 is 2.69 bits per heavy atom. The molecule has 5 heteroatoms. The predicted octanol–water partition coefficient (Wildman–Crippen LogP) is 4.28. The number of carbonyl (C=O) groups excluding carboxylic acids is 1. The molecule has 1 amide bonds. The van der Waals surface area contributed by atoms with Gasteiger partial charge in [0.25, 0.3) is 5.91 Å². The van der Waals surface area contributed by atoms with Crippen LogP contribution < -0.4 is 10.2 Å². The summed E-state index contributed by atoms with van der Waals surface area (Å²) in [4.78, 5) is 17.4. The molecule has 0 radical (unpaired) electrons. The Kier molecular flexibility index (Phi) is 5.58. The average molecular weight is 407 g/mol. The van der Waals surface area contributed by atoms with Crippen molar-refractivity contribution in [3.8, 4) is 12.3 Å². The van der Waals surface area contributed by atoms with Gasteiger partial charge in [0.1, 0.15) is 0 Å². The van der Waals surface area contributed by atoms with Gasteiger partial charge in [-0.25, -0.2) is 0 Å². The second-order valence-corrected chi connectivity index (χ2v) is 9.40. The highest BCUT2D eigenvalue weighted by Gasteiger charge is 2.34. The standard InChI is InChI=1S/C24H27N3OS/c1-4-13-25-24(28)19-11-12-23-21(16-19)26(20-9-5-6-10-22(20)29-23)18(2)17-27(3)14-7-8-15-27/h1,5-6,9-12,16,18H,7-8,13-15,17H2,2-3H3/p+1. The minimum atomic E-state index is -0.124. The summed E-state index contributed by atoms with van der Waals surface area (Å²) in [5.74, 6) is 2.34. The molecule has 1 saturated heterocycles. The maximum absolute atomic E-state index is 12.5. The quantitative estimate of drug-likeness (QED) is 0.594. The Morgan fingerprint density at radius 1 is 1.21 bits per heavy atom. The number of anilines is 2. The molecule has 0 saturated carbocycles. The molecular weight excluding hydrogens is 378 g/mol. The summed E-state index contributed by atoms with van der Waals surface area (Å²) >= 11 is 1.77. The third kappa shape index (κ3) is 4.01. The third-order valence-electron chi connectivity index (χ3n) is 5.97. The van der Waals surface area contributed by atoms with Crippen molar-refractivity contribution in [1.82, 2.24) is 5.32 Å². The molecule has 1 fully saturated rings. The zero-order valence-corrected chi connectivity index (χ0v) is 18.0. The zero-order chi connectivity index (χ0) is 20.4. The van der Waals surface area contributed by atoms with Gasteiger partial charge in [-0.1, -0.05) is 29.8 Å². The van der Waals surface area contributed by atoms with E-state index in [1.807, 2.05) is 12.1 Å². The van der Waals surface area contributed by atoms with Gasteiger partial charge < -0.3 is 14.7 Å². The van der Waals surface area contributed by atoms with E-state index in [1.54, 1.807) is 11.8 Å². The first kappa shape index (κ1) is 19.9. The van der Waals surface area contributed by atoms with Crippen molar-refractivity contribution in [3.63, 3.8) is 0 Å². The minimum absolute atomic E-state index is 0.124. The first-order chi connectivity index (χ1) is 14.0. The number of likely N-dealkylation sites (tertiary alicyclic amines) is 1. The van der Waals surface area contributed by atoms with Gasteiger partial charge in [-0.3, -0.25) is 4.79 Å². The molecule has 2 aliphatic heterocycles. The van der Waals surface area contributed by atoms with Gasteiger partial charge in [-0.2, -0.15) is 0 Å². The Morgan fingerprint density at radius 2 is 1.93 bits per heavy atom. The van der Waals surface area contributed by atoms with Crippen molar-refractivity contribution in [1.29, 1.82) is 0 Å². The highest BCUT2D eigenvalue weighted by Crippen LogP contribution is 2.49. The molecule has 1 atom stereocenters. The number of quaternary nitrogens is 1. The smallest absolute Gasteiger partial charge is 0.252 e. The van der Waals surface area contributed by atoms with E-state index < -0.39 is 0 Å². The fourth-order valence-corrected chi connectivity index (χ4v) is 5.69. The molecule has 1 N–H and O–H groups in total. The number of benzene rings is 2. The lowest BCUT2D eigenvalue weighted by Gasteiger charge is -2.41. The molecule has 4 rings (SSSR count). The van der Waals surface area contributed by atoms with Gasteiger partial charge in [0.2, 0.25) is 0 Å². The molecule has 0 aromatic heterocycles. The number of fused-ring (bicyclic) bond motifs is 2. The molecule has 2 aromatic rings. The van der Waals surface area contributed by atoms with Crippen LogP contribution in [-0.2, 0) is 0 Å². The maximum atomic E-state index is 12.5. The molecule has 4 nitrogen and oxygen atoms in total. The number of hydrogen-bond donors (Lipinski definition) is 1. The molecule has 2 aliphatic rings. The van der Waals surface area contributed by atoms with E-state index in [2.05, 4.69) is 60.4 Å². The van der Waals surface area contributed by atoms with E-state index in [0.29, 0.717) is 11.6 Å². The van der Waals surface area contributed by atoms with Crippen LogP contribution in [0.5, 0.6) is 0 Å². The molecule has 150 valence electrons. The second-order valence-electron chi connectivity index (χ2n) is 8.31. The van der Waals surface area contributed by atoms with E-state index in [4.69, 9.17) is 6.42 Å². The Bertz CT molecular complexity index is 959. The third-order valence-corrected chi connectivity index (χ3v) is 7.10. The zero-order valence-electron chi connectivity index (χ0n) is 17.1. The number of amides is 1. The fourth-order valence-electron chi connectivity index (χ4n) is 4.63. The summed E-state index contributed by atoms with van der Waals surface area (Å²) in [6.07, 6.45) is 7.92. The molecule has 1 unspecified atom stereocenters. The van der Waals surface area contributed by atoms with Crippen molar-refractivity contribution in [2.45, 2.75) is 35.6 Å². The highest BCUT2D eigenvalue weighted by molar-refractivity contribution is 7.99. The Hall–Kier alpha value is -2.42. The average Bonchev–Trinajstić information content (AvgIpc) is 3.15. The lowest BCUT2D eigenvalue weighted by atomic mass is 10.1. The fraction of sp³-hybridized carbons (Fsp3) is 0.375. The number of nitrogens with one attached hydrogen (secondary N) is 1. The number of terminal acetylenes is 1. The van der Waals surface area contributed by atoms with Crippen LogP contribution >= 0.6 is 11.8 Å². The minimum Gasteiger partial charge on any atom is -0.341 e. The van der Waals surface area contributed by atoms with Gasteiger partial charge >= 0.3 is 0 Å². The van der Waals surface area contributed by atoms with E-state index in [1.165, 1.54) is 41.4 Å². The van der Waals surface area contributed by atoms with Crippen LogP contribution in [0.3, 0.4) is 0 Å². The number of carbonyl (C=O) groups is 1. The summed E-state index contributed by atoms with van der Waals surface area (Å²) < 4.78 is 1.12. The van der Waals surface area contributed by atoms with Crippen LogP contribution in [0, 0.1) is 12.3 Å². The van der Waals surface area contributed by atoms with E-state index in [-0.39, 0.29) is 12.5 Å². The number of para-hydroxylation sites is 1. The number of likely N-dealkylation sites (N-methyl/N-ethyl adjacent to an activating group) is 1. The number of hydrogen-bond acceptors (Lipinski definition) is 3. The van der Waals surface area contributed by atoms with Crippen LogP contribution in [0.15, 0.2) is 52.3 Å². The molecule has 0 spiro atoms. The van der Waals surface area contributed by atoms with Crippen LogP contribution in [0.25, 0.3) is 0 Å². The number of nitrogens with zero attached hydrogens (tertiary/aromatic N) is 2. The molecule has 0 bridgehead atoms. The van der Waals surface area contributed by atoms with Gasteiger partial charge in [0.15, 0.2) is 0 Å². The lowest BCUT2D eigenvalue weighted by Crippen LogP contribution is -2.50. The summed E-state index contributed by atoms with van der Waals surface area (Å²) in [6.45, 7) is 6.13. The number of rotatable bonds is 5.